The van der Waals surface area contributed by atoms with Crippen LogP contribution in [0.1, 0.15) is 37.3 Å². The van der Waals surface area contributed by atoms with Crippen molar-refractivity contribution < 1.29 is 14.2 Å². The number of nitrogens with zero attached hydrogens (tertiary/aromatic N) is 3. The molecule has 0 radical (unpaired) electrons. The van der Waals surface area contributed by atoms with Crippen LogP contribution in [0.15, 0.2) is 40.9 Å². The highest BCUT2D eigenvalue weighted by atomic mass is 16.6. The highest BCUT2D eigenvalue weighted by Gasteiger charge is 2.24. The quantitative estimate of drug-likeness (QED) is 0.478. The van der Waals surface area contributed by atoms with Crippen LogP contribution < -0.4 is 4.74 Å². The summed E-state index contributed by atoms with van der Waals surface area (Å²) in [6, 6.07) is 10.8. The van der Waals surface area contributed by atoms with E-state index in [1.807, 2.05) is 12.1 Å². The zero-order valence-electron chi connectivity index (χ0n) is 15.1. The second kappa shape index (κ2) is 6.83. The van der Waals surface area contributed by atoms with Crippen LogP contribution >= 0.6 is 0 Å². The lowest BCUT2D eigenvalue weighted by atomic mass is 9.99. The molecule has 0 unspecified atom stereocenters. The fraction of sp³-hybridized carbons (Fsp3) is 0.300. The maximum absolute atomic E-state index is 11.3. The van der Waals surface area contributed by atoms with Gasteiger partial charge in [0.25, 0.3) is 5.89 Å². The van der Waals surface area contributed by atoms with Gasteiger partial charge in [-0.05, 0) is 48.9 Å². The molecular formula is C20H19N3O4. The minimum absolute atomic E-state index is 0.122. The number of aromatic nitrogens is 2. The van der Waals surface area contributed by atoms with Gasteiger partial charge in [-0.25, -0.2) is 0 Å². The van der Waals surface area contributed by atoms with Gasteiger partial charge >= 0.3 is 5.69 Å². The molecule has 7 heteroatoms. The standard InChI is InChI=1S/C20H19N3O4/c1-3-26-18-10-8-13(11-17(18)23(24)25)20-21-19(22-27-20)16-6-4-5-14-12(2)7-9-15(14)16/h4-6,8,10-12H,3,7,9H2,1-2H3/t12-/m0/s1. The fourth-order valence-corrected chi connectivity index (χ4v) is 3.59. The minimum atomic E-state index is -0.475. The molecule has 0 saturated heterocycles. The molecule has 4 rings (SSSR count). The molecular weight excluding hydrogens is 346 g/mol. The van der Waals surface area contributed by atoms with E-state index < -0.39 is 4.92 Å². The van der Waals surface area contributed by atoms with E-state index >= 15 is 0 Å². The van der Waals surface area contributed by atoms with E-state index in [1.165, 1.54) is 17.2 Å². The van der Waals surface area contributed by atoms with Crippen molar-refractivity contribution in [3.63, 3.8) is 0 Å². The number of ether oxygens (including phenoxy) is 1. The van der Waals surface area contributed by atoms with E-state index in [0.717, 1.165) is 18.4 Å². The van der Waals surface area contributed by atoms with Gasteiger partial charge < -0.3 is 9.26 Å². The van der Waals surface area contributed by atoms with Gasteiger partial charge in [0.05, 0.1) is 11.5 Å². The fourth-order valence-electron chi connectivity index (χ4n) is 3.59. The van der Waals surface area contributed by atoms with Crippen molar-refractivity contribution in [3.8, 4) is 28.6 Å². The zero-order chi connectivity index (χ0) is 19.0. The van der Waals surface area contributed by atoms with E-state index in [1.54, 1.807) is 19.1 Å². The molecule has 27 heavy (non-hydrogen) atoms. The third-order valence-corrected chi connectivity index (χ3v) is 4.94. The zero-order valence-corrected chi connectivity index (χ0v) is 15.1. The second-order valence-corrected chi connectivity index (χ2v) is 6.61. The number of hydrogen-bond acceptors (Lipinski definition) is 6. The monoisotopic (exact) mass is 365 g/mol. The number of fused-ring (bicyclic) bond motifs is 1. The summed E-state index contributed by atoms with van der Waals surface area (Å²) in [4.78, 5) is 15.3. The summed E-state index contributed by atoms with van der Waals surface area (Å²) in [6.45, 7) is 4.35. The van der Waals surface area contributed by atoms with Gasteiger partial charge in [0.1, 0.15) is 0 Å². The Kier molecular flexibility index (Phi) is 4.35. The molecule has 3 aromatic rings. The molecule has 0 saturated carbocycles. The lowest BCUT2D eigenvalue weighted by Gasteiger charge is -2.06. The van der Waals surface area contributed by atoms with Crippen molar-refractivity contribution >= 4 is 5.69 Å². The SMILES string of the molecule is CCOc1ccc(-c2nc(-c3cccc4c3CC[C@@H]4C)no2)cc1[N+](=O)[O-]. The van der Waals surface area contributed by atoms with Gasteiger partial charge in [0.2, 0.25) is 5.82 Å². The third-order valence-electron chi connectivity index (χ3n) is 4.94. The number of hydrogen-bond donors (Lipinski definition) is 0. The molecule has 0 amide bonds. The summed E-state index contributed by atoms with van der Waals surface area (Å²) in [5, 5.41) is 15.4. The van der Waals surface area contributed by atoms with Crippen LogP contribution in [0.2, 0.25) is 0 Å². The number of nitro benzene ring substituents is 1. The summed E-state index contributed by atoms with van der Waals surface area (Å²) in [5.74, 6) is 1.51. The van der Waals surface area contributed by atoms with Gasteiger partial charge in [-0.3, -0.25) is 10.1 Å². The number of rotatable bonds is 5. The molecule has 1 heterocycles. The molecule has 1 aromatic heterocycles. The van der Waals surface area contributed by atoms with Crippen molar-refractivity contribution in [1.29, 1.82) is 0 Å². The van der Waals surface area contributed by atoms with E-state index in [2.05, 4.69) is 23.1 Å². The van der Waals surface area contributed by atoms with Crippen LogP contribution in [-0.2, 0) is 6.42 Å². The first kappa shape index (κ1) is 17.2. The molecule has 138 valence electrons. The maximum atomic E-state index is 11.3. The van der Waals surface area contributed by atoms with Gasteiger partial charge in [-0.2, -0.15) is 4.98 Å². The van der Waals surface area contributed by atoms with Crippen molar-refractivity contribution in [2.24, 2.45) is 0 Å². The van der Waals surface area contributed by atoms with Crippen molar-refractivity contribution in [2.75, 3.05) is 6.61 Å². The maximum Gasteiger partial charge on any atom is 0.311 e. The molecule has 0 bridgehead atoms. The molecule has 2 aromatic carbocycles. The first-order chi connectivity index (χ1) is 13.1. The number of benzene rings is 2. The molecule has 1 atom stereocenters. The summed E-state index contributed by atoms with van der Waals surface area (Å²) in [6.07, 6.45) is 2.10. The summed E-state index contributed by atoms with van der Waals surface area (Å²) in [5.41, 5.74) is 3.92. The predicted octanol–water partition coefficient (Wildman–Crippen LogP) is 4.76. The smallest absolute Gasteiger partial charge is 0.311 e. The van der Waals surface area contributed by atoms with Crippen molar-refractivity contribution in [1.82, 2.24) is 10.1 Å². The molecule has 1 aliphatic rings. The van der Waals surface area contributed by atoms with Crippen LogP contribution in [0.5, 0.6) is 5.75 Å². The lowest BCUT2D eigenvalue weighted by Crippen LogP contribution is -1.97. The first-order valence-corrected chi connectivity index (χ1v) is 8.96. The Morgan fingerprint density at radius 2 is 2.19 bits per heavy atom. The van der Waals surface area contributed by atoms with Crippen molar-refractivity contribution in [2.45, 2.75) is 32.6 Å². The minimum Gasteiger partial charge on any atom is -0.487 e. The highest BCUT2D eigenvalue weighted by Crippen LogP contribution is 2.38. The number of nitro groups is 1. The Morgan fingerprint density at radius 3 is 2.96 bits per heavy atom. The van der Waals surface area contributed by atoms with Crippen LogP contribution in [0.4, 0.5) is 5.69 Å². The normalized spacial score (nSPS) is 15.6. The Morgan fingerprint density at radius 1 is 1.33 bits per heavy atom. The van der Waals surface area contributed by atoms with E-state index in [-0.39, 0.29) is 17.3 Å². The summed E-state index contributed by atoms with van der Waals surface area (Å²) >= 11 is 0. The Balaban J connectivity index is 1.72. The van der Waals surface area contributed by atoms with Crippen LogP contribution in [0.3, 0.4) is 0 Å². The first-order valence-electron chi connectivity index (χ1n) is 8.96. The Hall–Kier alpha value is -3.22. The Bertz CT molecular complexity index is 1010. The summed E-state index contributed by atoms with van der Waals surface area (Å²) < 4.78 is 10.7. The molecule has 0 aliphatic heterocycles. The Labute approximate surface area is 156 Å². The summed E-state index contributed by atoms with van der Waals surface area (Å²) in [7, 11) is 0. The average Bonchev–Trinajstić information content (AvgIpc) is 3.30. The molecule has 0 fully saturated rings. The topological polar surface area (TPSA) is 91.3 Å². The lowest BCUT2D eigenvalue weighted by molar-refractivity contribution is -0.385. The van der Waals surface area contributed by atoms with Crippen LogP contribution in [0, 0.1) is 10.1 Å². The van der Waals surface area contributed by atoms with Crippen LogP contribution in [0.25, 0.3) is 22.8 Å². The molecule has 7 nitrogen and oxygen atoms in total. The largest absolute Gasteiger partial charge is 0.487 e. The van der Waals surface area contributed by atoms with E-state index in [0.29, 0.717) is 23.9 Å². The van der Waals surface area contributed by atoms with Gasteiger partial charge in [0.15, 0.2) is 5.75 Å². The second-order valence-electron chi connectivity index (χ2n) is 6.61. The predicted molar refractivity (Wildman–Crippen MR) is 99.7 cm³/mol. The molecule has 1 aliphatic carbocycles. The van der Waals surface area contributed by atoms with Gasteiger partial charge in [-0.15, -0.1) is 0 Å². The average molecular weight is 365 g/mol. The van der Waals surface area contributed by atoms with E-state index in [4.69, 9.17) is 9.26 Å². The van der Waals surface area contributed by atoms with Crippen molar-refractivity contribution in [3.05, 3.63) is 57.6 Å². The van der Waals surface area contributed by atoms with Gasteiger partial charge in [-0.1, -0.05) is 30.3 Å². The highest BCUT2D eigenvalue weighted by molar-refractivity contribution is 5.67. The van der Waals surface area contributed by atoms with Crippen LogP contribution in [-0.4, -0.2) is 21.7 Å². The molecule has 0 spiro atoms. The third kappa shape index (κ3) is 3.05. The van der Waals surface area contributed by atoms with Gasteiger partial charge in [0, 0.05) is 17.2 Å². The van der Waals surface area contributed by atoms with E-state index in [9.17, 15) is 10.1 Å². The molecule has 0 N–H and O–H groups in total.